The fourth-order valence-electron chi connectivity index (χ4n) is 1.99. The van der Waals surface area contributed by atoms with Crippen molar-refractivity contribution in [1.82, 2.24) is 0 Å². The van der Waals surface area contributed by atoms with Crippen molar-refractivity contribution < 1.29 is 4.39 Å². The largest absolute Gasteiger partial charge is 0.389 e. The highest BCUT2D eigenvalue weighted by Crippen LogP contribution is 2.28. The molecule has 0 fully saturated rings. The molecule has 0 bridgehead atoms. The number of nitrogens with one attached hydrogen (secondary N) is 1. The molecule has 2 rings (SSSR count). The van der Waals surface area contributed by atoms with Crippen LogP contribution in [0.2, 0.25) is 0 Å². The Morgan fingerprint density at radius 2 is 2.00 bits per heavy atom. The zero-order valence-corrected chi connectivity index (χ0v) is 13.3. The Morgan fingerprint density at radius 1 is 1.30 bits per heavy atom. The average Bonchev–Trinajstić information content (AvgIpc) is 2.38. The minimum atomic E-state index is -0.250. The molecule has 0 aliphatic rings. The van der Waals surface area contributed by atoms with Gasteiger partial charge in [0.25, 0.3) is 0 Å². The van der Waals surface area contributed by atoms with E-state index in [0.29, 0.717) is 4.99 Å². The van der Waals surface area contributed by atoms with Gasteiger partial charge in [-0.2, -0.15) is 0 Å². The number of nitrogens with two attached hydrogens (primary N) is 1. The monoisotopic (exact) mass is 352 g/mol. The van der Waals surface area contributed by atoms with Crippen molar-refractivity contribution in [2.24, 2.45) is 5.73 Å². The van der Waals surface area contributed by atoms with Gasteiger partial charge in [0, 0.05) is 21.8 Å². The van der Waals surface area contributed by atoms with E-state index in [1.807, 2.05) is 31.2 Å². The Morgan fingerprint density at radius 3 is 2.65 bits per heavy atom. The molecule has 3 N–H and O–H groups in total. The predicted molar refractivity (Wildman–Crippen MR) is 88.5 cm³/mol. The highest BCUT2D eigenvalue weighted by Gasteiger charge is 2.12. The van der Waals surface area contributed by atoms with Gasteiger partial charge in [0.2, 0.25) is 0 Å². The molecule has 0 aromatic heterocycles. The maximum Gasteiger partial charge on any atom is 0.123 e. The van der Waals surface area contributed by atoms with Gasteiger partial charge in [-0.1, -0.05) is 30.4 Å². The van der Waals surface area contributed by atoms with E-state index in [1.165, 1.54) is 12.1 Å². The summed E-state index contributed by atoms with van der Waals surface area (Å²) >= 11 is 8.51. The van der Waals surface area contributed by atoms with E-state index < -0.39 is 0 Å². The molecule has 0 aliphatic carbocycles. The molecule has 0 spiro atoms. The van der Waals surface area contributed by atoms with E-state index in [1.54, 1.807) is 6.07 Å². The summed E-state index contributed by atoms with van der Waals surface area (Å²) in [5, 5.41) is 3.31. The molecule has 104 valence electrons. The number of thiocarbonyl (C=S) groups is 1. The highest BCUT2D eigenvalue weighted by molar-refractivity contribution is 9.10. The zero-order chi connectivity index (χ0) is 14.7. The summed E-state index contributed by atoms with van der Waals surface area (Å²) in [6.07, 6.45) is 0. The van der Waals surface area contributed by atoms with Crippen molar-refractivity contribution in [3.63, 3.8) is 0 Å². The van der Waals surface area contributed by atoms with Crippen LogP contribution in [0.5, 0.6) is 0 Å². The van der Waals surface area contributed by atoms with Crippen LogP contribution in [-0.2, 0) is 0 Å². The van der Waals surface area contributed by atoms with E-state index >= 15 is 0 Å². The lowest BCUT2D eigenvalue weighted by Gasteiger charge is -2.19. The van der Waals surface area contributed by atoms with Gasteiger partial charge in [0.15, 0.2) is 0 Å². The maximum atomic E-state index is 13.3. The topological polar surface area (TPSA) is 38.0 Å². The smallest absolute Gasteiger partial charge is 0.123 e. The van der Waals surface area contributed by atoms with Gasteiger partial charge in [0.1, 0.15) is 10.8 Å². The summed E-state index contributed by atoms with van der Waals surface area (Å²) in [5.41, 5.74) is 8.19. The Hall–Kier alpha value is -1.46. The molecule has 20 heavy (non-hydrogen) atoms. The quantitative estimate of drug-likeness (QED) is 0.801. The van der Waals surface area contributed by atoms with Crippen LogP contribution in [0.1, 0.15) is 24.1 Å². The van der Waals surface area contributed by atoms with E-state index in [9.17, 15) is 4.39 Å². The second-order valence-electron chi connectivity index (χ2n) is 4.45. The summed E-state index contributed by atoms with van der Waals surface area (Å²) in [4.78, 5) is 0.311. The molecule has 0 heterocycles. The van der Waals surface area contributed by atoms with Crippen LogP contribution in [0.3, 0.4) is 0 Å². The third-order valence-corrected chi connectivity index (χ3v) is 3.85. The van der Waals surface area contributed by atoms with Crippen molar-refractivity contribution in [3.8, 4) is 0 Å². The Bertz CT molecular complexity index is 646. The zero-order valence-electron chi connectivity index (χ0n) is 10.9. The Balaban J connectivity index is 2.30. The van der Waals surface area contributed by atoms with Crippen LogP contribution in [-0.4, -0.2) is 4.99 Å². The molecule has 0 saturated carbocycles. The van der Waals surface area contributed by atoms with E-state index in [-0.39, 0.29) is 11.9 Å². The van der Waals surface area contributed by atoms with Crippen LogP contribution < -0.4 is 11.1 Å². The second-order valence-corrected chi connectivity index (χ2v) is 5.74. The van der Waals surface area contributed by atoms with Crippen LogP contribution in [0.25, 0.3) is 0 Å². The first kappa shape index (κ1) is 14.9. The van der Waals surface area contributed by atoms with Crippen molar-refractivity contribution in [2.45, 2.75) is 13.0 Å². The highest BCUT2D eigenvalue weighted by atomic mass is 79.9. The molecule has 1 unspecified atom stereocenters. The maximum absolute atomic E-state index is 13.3. The number of hydrogen-bond acceptors (Lipinski definition) is 2. The molecule has 0 saturated heterocycles. The molecule has 5 heteroatoms. The van der Waals surface area contributed by atoms with E-state index in [0.717, 1.165) is 21.3 Å². The molecule has 0 aliphatic heterocycles. The van der Waals surface area contributed by atoms with E-state index in [2.05, 4.69) is 21.2 Å². The van der Waals surface area contributed by atoms with Gasteiger partial charge in [-0.3, -0.25) is 0 Å². The fraction of sp³-hybridized carbons (Fsp3) is 0.133. The first-order valence-corrected chi connectivity index (χ1v) is 7.29. The number of rotatable bonds is 4. The summed E-state index contributed by atoms with van der Waals surface area (Å²) in [5.74, 6) is -0.250. The Labute approximate surface area is 131 Å². The number of halogens is 2. The van der Waals surface area contributed by atoms with Crippen LogP contribution >= 0.6 is 28.1 Å². The summed E-state index contributed by atoms with van der Waals surface area (Å²) in [6.45, 7) is 1.96. The molecule has 2 aromatic carbocycles. The third-order valence-electron chi connectivity index (χ3n) is 2.98. The average molecular weight is 353 g/mol. The van der Waals surface area contributed by atoms with Crippen molar-refractivity contribution >= 4 is 38.8 Å². The molecule has 0 radical (unpaired) electrons. The van der Waals surface area contributed by atoms with Gasteiger partial charge in [-0.15, -0.1) is 0 Å². The number of benzene rings is 2. The van der Waals surface area contributed by atoms with Gasteiger partial charge in [-0.05, 0) is 52.7 Å². The second kappa shape index (κ2) is 6.33. The first-order chi connectivity index (χ1) is 9.49. The standard InChI is InChI=1S/C15H14BrFN2S/c1-9(10-4-2-5-11(17)8-10)19-13-7-3-6-12(16)14(13)15(18)20/h2-9,19H,1H3,(H2,18,20). The van der Waals surface area contributed by atoms with Gasteiger partial charge in [0.05, 0.1) is 0 Å². The molecular formula is C15H14BrFN2S. The van der Waals surface area contributed by atoms with Gasteiger partial charge in [-0.25, -0.2) is 4.39 Å². The molecule has 2 aromatic rings. The van der Waals surface area contributed by atoms with Gasteiger partial charge >= 0.3 is 0 Å². The van der Waals surface area contributed by atoms with Crippen molar-refractivity contribution in [3.05, 3.63) is 63.9 Å². The molecule has 2 nitrogen and oxygen atoms in total. The third kappa shape index (κ3) is 3.35. The normalized spacial score (nSPS) is 11.9. The predicted octanol–water partition coefficient (Wildman–Crippen LogP) is 4.40. The lowest BCUT2D eigenvalue weighted by molar-refractivity contribution is 0.623. The van der Waals surface area contributed by atoms with Crippen molar-refractivity contribution in [2.75, 3.05) is 5.32 Å². The van der Waals surface area contributed by atoms with Crippen LogP contribution in [0, 0.1) is 5.82 Å². The van der Waals surface area contributed by atoms with E-state index in [4.69, 9.17) is 18.0 Å². The molecule has 0 amide bonds. The van der Waals surface area contributed by atoms with Crippen LogP contribution in [0.15, 0.2) is 46.9 Å². The summed E-state index contributed by atoms with van der Waals surface area (Å²) < 4.78 is 14.1. The summed E-state index contributed by atoms with van der Waals surface area (Å²) in [7, 11) is 0. The van der Waals surface area contributed by atoms with Gasteiger partial charge < -0.3 is 11.1 Å². The minimum absolute atomic E-state index is 0.0619. The number of anilines is 1. The molecular weight excluding hydrogens is 339 g/mol. The number of hydrogen-bond donors (Lipinski definition) is 2. The Kier molecular flexibility index (Phi) is 4.73. The lowest BCUT2D eigenvalue weighted by Crippen LogP contribution is -2.15. The SMILES string of the molecule is CC(Nc1cccc(Br)c1C(N)=S)c1cccc(F)c1. The van der Waals surface area contributed by atoms with Crippen molar-refractivity contribution in [1.29, 1.82) is 0 Å². The summed E-state index contributed by atoms with van der Waals surface area (Å²) in [6, 6.07) is 12.1. The van der Waals surface area contributed by atoms with Crippen LogP contribution in [0.4, 0.5) is 10.1 Å². The first-order valence-electron chi connectivity index (χ1n) is 6.09. The minimum Gasteiger partial charge on any atom is -0.389 e. The molecule has 1 atom stereocenters. The lowest BCUT2D eigenvalue weighted by atomic mass is 10.1. The fourth-order valence-corrected chi connectivity index (χ4v) is 2.92.